The summed E-state index contributed by atoms with van der Waals surface area (Å²) in [6.45, 7) is 3.87. The van der Waals surface area contributed by atoms with Gasteiger partial charge in [-0.25, -0.2) is 0 Å². The van der Waals surface area contributed by atoms with Gasteiger partial charge in [0.05, 0.1) is 4.75 Å². The highest BCUT2D eigenvalue weighted by Gasteiger charge is 2.46. The van der Waals surface area contributed by atoms with E-state index in [9.17, 15) is 9.90 Å². The highest BCUT2D eigenvalue weighted by atomic mass is 35.5. The minimum absolute atomic E-state index is 0.0881. The van der Waals surface area contributed by atoms with Crippen molar-refractivity contribution in [3.05, 3.63) is 34.9 Å². The molecule has 1 fully saturated rings. The maximum absolute atomic E-state index is 11.1. The highest BCUT2D eigenvalue weighted by Crippen LogP contribution is 2.40. The predicted molar refractivity (Wildman–Crippen MR) is 66.6 cm³/mol. The first-order valence-corrected chi connectivity index (χ1v) is 6.65. The van der Waals surface area contributed by atoms with Gasteiger partial charge in [-0.2, -0.15) is 0 Å². The average Bonchev–Trinajstić information content (AvgIpc) is 2.55. The van der Waals surface area contributed by atoms with E-state index < -0.39 is 12.0 Å². The fraction of sp³-hybridized carbons (Fsp3) is 0.417. The van der Waals surface area contributed by atoms with Crippen LogP contribution in [0.5, 0.6) is 0 Å². The van der Waals surface area contributed by atoms with Gasteiger partial charge in [0, 0.05) is 10.6 Å². The van der Waals surface area contributed by atoms with Crippen molar-refractivity contribution < 1.29 is 15.2 Å². The van der Waals surface area contributed by atoms with Gasteiger partial charge in [0.15, 0.2) is 5.37 Å². The summed E-state index contributed by atoms with van der Waals surface area (Å²) in [7, 11) is 0. The third kappa shape index (κ3) is 2.59. The lowest BCUT2D eigenvalue weighted by atomic mass is 10.0. The fourth-order valence-electron chi connectivity index (χ4n) is 2.04. The molecule has 0 amide bonds. The van der Waals surface area contributed by atoms with Crippen molar-refractivity contribution in [1.82, 2.24) is 0 Å². The van der Waals surface area contributed by atoms with Crippen LogP contribution in [0.3, 0.4) is 0 Å². The summed E-state index contributed by atoms with van der Waals surface area (Å²) < 4.78 is -0.330. The van der Waals surface area contributed by atoms with E-state index in [4.69, 9.17) is 11.6 Å². The summed E-state index contributed by atoms with van der Waals surface area (Å²) in [5.74, 6) is -1.00. The Balaban J connectivity index is 2.21. The monoisotopic (exact) mass is 271 g/mol. The molecule has 0 aliphatic carbocycles. The minimum atomic E-state index is -1.00. The largest absolute Gasteiger partial charge is 0.544 e. The molecule has 17 heavy (non-hydrogen) atoms. The molecule has 1 saturated heterocycles. The molecule has 5 heteroatoms. The Morgan fingerprint density at radius 2 is 2.00 bits per heavy atom. The number of carboxylic acid groups (broad SMARTS) is 1. The van der Waals surface area contributed by atoms with E-state index in [-0.39, 0.29) is 10.1 Å². The van der Waals surface area contributed by atoms with Crippen molar-refractivity contribution in [3.8, 4) is 0 Å². The Bertz CT molecular complexity index is 433. The average molecular weight is 272 g/mol. The summed E-state index contributed by atoms with van der Waals surface area (Å²) in [6, 6.07) is 7.00. The van der Waals surface area contributed by atoms with Crippen LogP contribution in [0.25, 0.3) is 0 Å². The van der Waals surface area contributed by atoms with E-state index in [0.717, 1.165) is 5.56 Å². The molecule has 0 saturated carbocycles. The number of hydrogen-bond donors (Lipinski definition) is 1. The number of nitrogens with two attached hydrogens (primary N) is 1. The van der Waals surface area contributed by atoms with Gasteiger partial charge in [-0.3, -0.25) is 0 Å². The summed E-state index contributed by atoms with van der Waals surface area (Å²) in [4.78, 5) is 11.1. The van der Waals surface area contributed by atoms with E-state index in [0.29, 0.717) is 5.02 Å². The first-order valence-electron chi connectivity index (χ1n) is 5.39. The third-order valence-electron chi connectivity index (χ3n) is 3.00. The molecule has 2 atom stereocenters. The number of halogens is 1. The summed E-state index contributed by atoms with van der Waals surface area (Å²) in [5.41, 5.74) is 1.08. The van der Waals surface area contributed by atoms with Crippen LogP contribution < -0.4 is 10.4 Å². The second kappa shape index (κ2) is 4.52. The Morgan fingerprint density at radius 1 is 1.41 bits per heavy atom. The lowest BCUT2D eigenvalue weighted by Crippen LogP contribution is -2.92. The van der Waals surface area contributed by atoms with Gasteiger partial charge in [0.1, 0.15) is 12.0 Å². The maximum Gasteiger partial charge on any atom is 0.160 e. The molecular formula is C12H14ClNO2S. The fourth-order valence-corrected chi connectivity index (χ4v) is 3.67. The second-order valence-corrected chi connectivity index (χ2v) is 6.91. The number of carbonyl (C=O) groups is 1. The molecule has 0 aromatic heterocycles. The van der Waals surface area contributed by atoms with Gasteiger partial charge < -0.3 is 15.2 Å². The number of rotatable bonds is 2. The van der Waals surface area contributed by atoms with Crippen LogP contribution in [0.1, 0.15) is 24.8 Å². The molecule has 3 nitrogen and oxygen atoms in total. The van der Waals surface area contributed by atoms with Gasteiger partial charge in [0.25, 0.3) is 0 Å². The number of benzene rings is 1. The van der Waals surface area contributed by atoms with Crippen molar-refractivity contribution in [2.75, 3.05) is 0 Å². The van der Waals surface area contributed by atoms with E-state index in [1.165, 1.54) is 0 Å². The molecule has 2 N–H and O–H groups in total. The van der Waals surface area contributed by atoms with Crippen LogP contribution in [-0.4, -0.2) is 16.8 Å². The first kappa shape index (κ1) is 12.7. The summed E-state index contributed by atoms with van der Waals surface area (Å²) in [6.07, 6.45) is 0. The Labute approximate surface area is 110 Å². The molecule has 0 radical (unpaired) electrons. The SMILES string of the molecule is CC1(C)S[C@@H](c2ccc(Cl)cc2)[NH2+][C@H]1C(=O)[O-]. The van der Waals surface area contributed by atoms with E-state index in [1.54, 1.807) is 11.8 Å². The number of carbonyl (C=O) groups excluding carboxylic acids is 1. The molecule has 1 aliphatic heterocycles. The van der Waals surface area contributed by atoms with Crippen LogP contribution in [0.4, 0.5) is 0 Å². The maximum atomic E-state index is 11.1. The molecule has 1 aromatic carbocycles. The zero-order valence-corrected chi connectivity index (χ0v) is 11.2. The van der Waals surface area contributed by atoms with Crippen molar-refractivity contribution in [1.29, 1.82) is 0 Å². The number of thioether (sulfide) groups is 1. The quantitative estimate of drug-likeness (QED) is 0.855. The molecule has 1 aliphatic rings. The molecule has 92 valence electrons. The third-order valence-corrected chi connectivity index (χ3v) is 4.80. The zero-order chi connectivity index (χ0) is 12.6. The normalized spacial score (nSPS) is 27.0. The van der Waals surface area contributed by atoms with Crippen LogP contribution >= 0.6 is 23.4 Å². The summed E-state index contributed by atoms with van der Waals surface area (Å²) in [5, 5.41) is 13.7. The van der Waals surface area contributed by atoms with Crippen LogP contribution in [0.2, 0.25) is 5.02 Å². The smallest absolute Gasteiger partial charge is 0.160 e. The van der Waals surface area contributed by atoms with Crippen molar-refractivity contribution in [3.63, 3.8) is 0 Å². The van der Waals surface area contributed by atoms with Crippen LogP contribution in [0, 0.1) is 0 Å². The van der Waals surface area contributed by atoms with E-state index in [2.05, 4.69) is 0 Å². The topological polar surface area (TPSA) is 56.7 Å². The molecule has 1 heterocycles. The van der Waals surface area contributed by atoms with Crippen molar-refractivity contribution >= 4 is 29.3 Å². The van der Waals surface area contributed by atoms with Gasteiger partial charge in [-0.05, 0) is 26.0 Å². The summed E-state index contributed by atoms with van der Waals surface area (Å²) >= 11 is 7.48. The van der Waals surface area contributed by atoms with Gasteiger partial charge >= 0.3 is 0 Å². The number of quaternary nitrogens is 1. The van der Waals surface area contributed by atoms with Gasteiger partial charge in [0.2, 0.25) is 0 Å². The number of carboxylic acids is 1. The van der Waals surface area contributed by atoms with E-state index >= 15 is 0 Å². The van der Waals surface area contributed by atoms with Crippen molar-refractivity contribution in [2.24, 2.45) is 0 Å². The number of hydrogen-bond acceptors (Lipinski definition) is 3. The lowest BCUT2D eigenvalue weighted by molar-refractivity contribution is -0.695. The molecule has 0 unspecified atom stereocenters. The molecule has 0 spiro atoms. The van der Waals surface area contributed by atoms with E-state index in [1.807, 2.05) is 43.4 Å². The van der Waals surface area contributed by atoms with Gasteiger partial charge in [-0.15, -0.1) is 0 Å². The predicted octanol–water partition coefficient (Wildman–Crippen LogP) is 0.546. The Kier molecular flexibility index (Phi) is 3.39. The minimum Gasteiger partial charge on any atom is -0.544 e. The molecular weight excluding hydrogens is 258 g/mol. The molecule has 1 aromatic rings. The van der Waals surface area contributed by atoms with Gasteiger partial charge in [-0.1, -0.05) is 35.5 Å². The highest BCUT2D eigenvalue weighted by molar-refractivity contribution is 8.00. The first-order chi connectivity index (χ1) is 7.90. The molecule has 2 rings (SSSR count). The Morgan fingerprint density at radius 3 is 2.47 bits per heavy atom. The van der Waals surface area contributed by atoms with Crippen LogP contribution in [-0.2, 0) is 4.79 Å². The Hall–Kier alpha value is -0.710. The second-order valence-electron chi connectivity index (χ2n) is 4.68. The zero-order valence-electron chi connectivity index (χ0n) is 9.64. The molecule has 0 bridgehead atoms. The number of aliphatic carboxylic acids is 1. The lowest BCUT2D eigenvalue weighted by Gasteiger charge is -2.21. The van der Waals surface area contributed by atoms with Crippen LogP contribution in [0.15, 0.2) is 24.3 Å². The van der Waals surface area contributed by atoms with Crippen molar-refractivity contribution in [2.45, 2.75) is 30.0 Å². The standard InChI is InChI=1S/C12H14ClNO2S/c1-12(2)9(11(15)16)14-10(17-12)7-3-5-8(13)6-4-7/h3-6,9-10,14H,1-2H3,(H,15,16)/t9-,10-/m0/s1.